The third kappa shape index (κ3) is 3.51. The van der Waals surface area contributed by atoms with Crippen LogP contribution in [0, 0.1) is 0 Å². The molecule has 5 rings (SSSR count). The molecule has 0 spiro atoms. The van der Waals surface area contributed by atoms with Crippen molar-refractivity contribution in [2.45, 2.75) is 13.0 Å². The van der Waals surface area contributed by atoms with Gasteiger partial charge in [-0.05, 0) is 46.8 Å². The quantitative estimate of drug-likeness (QED) is 0.393. The van der Waals surface area contributed by atoms with E-state index in [0.29, 0.717) is 18.3 Å². The molecule has 0 aliphatic rings. The minimum absolute atomic E-state index is 0.0888. The number of hydrogen-bond acceptors (Lipinski definition) is 5. The van der Waals surface area contributed by atoms with Gasteiger partial charge >= 0.3 is 5.97 Å². The summed E-state index contributed by atoms with van der Waals surface area (Å²) in [6, 6.07) is 20.1. The zero-order valence-corrected chi connectivity index (χ0v) is 16.7. The number of aromatic nitrogens is 3. The summed E-state index contributed by atoms with van der Waals surface area (Å²) in [7, 11) is 0. The van der Waals surface area contributed by atoms with Gasteiger partial charge in [0.1, 0.15) is 0 Å². The molecule has 5 aromatic rings. The fourth-order valence-electron chi connectivity index (χ4n) is 3.42. The Morgan fingerprint density at radius 1 is 1.03 bits per heavy atom. The van der Waals surface area contributed by atoms with Crippen molar-refractivity contribution in [1.82, 2.24) is 14.7 Å². The highest BCUT2D eigenvalue weighted by Gasteiger charge is 2.14. The molecule has 0 radical (unpaired) electrons. The summed E-state index contributed by atoms with van der Waals surface area (Å²) >= 11 is 1.57. The zero-order valence-electron chi connectivity index (χ0n) is 15.9. The first-order valence-corrected chi connectivity index (χ1v) is 10.3. The molecule has 0 saturated carbocycles. The maximum absolute atomic E-state index is 10.8. The van der Waals surface area contributed by atoms with Gasteiger partial charge in [-0.2, -0.15) is 4.98 Å². The lowest BCUT2D eigenvalue weighted by Gasteiger charge is -2.03. The Hall–Kier alpha value is -3.71. The molecular formula is C23H17N3O3S. The first-order chi connectivity index (χ1) is 14.7. The van der Waals surface area contributed by atoms with Crippen LogP contribution in [0.3, 0.4) is 0 Å². The van der Waals surface area contributed by atoms with E-state index in [2.05, 4.69) is 33.7 Å². The van der Waals surface area contributed by atoms with Gasteiger partial charge < -0.3 is 14.2 Å². The second-order valence-corrected chi connectivity index (χ2v) is 7.83. The van der Waals surface area contributed by atoms with Crippen molar-refractivity contribution in [2.24, 2.45) is 0 Å². The number of nitrogens with zero attached hydrogens (tertiary/aromatic N) is 3. The first-order valence-electron chi connectivity index (χ1n) is 9.46. The van der Waals surface area contributed by atoms with Crippen LogP contribution in [0.4, 0.5) is 0 Å². The van der Waals surface area contributed by atoms with Gasteiger partial charge in [-0.15, -0.1) is 11.3 Å². The van der Waals surface area contributed by atoms with Crippen molar-refractivity contribution in [3.8, 4) is 33.3 Å². The predicted octanol–water partition coefficient (Wildman–Crippen LogP) is 5.56. The molecule has 148 valence electrons. The number of carboxylic acid groups (broad SMARTS) is 1. The molecule has 2 aromatic carbocycles. The highest BCUT2D eigenvalue weighted by Crippen LogP contribution is 2.33. The largest absolute Gasteiger partial charge is 0.481 e. The van der Waals surface area contributed by atoms with Crippen LogP contribution in [-0.2, 0) is 11.3 Å². The molecule has 6 nitrogen and oxygen atoms in total. The molecule has 0 atom stereocenters. The Labute approximate surface area is 176 Å². The SMILES string of the molecule is O=C(O)CCn1ccc2cc(-c3noc(-c4cc(-c5ccccc5)cs4)n3)ccc21. The molecule has 0 fully saturated rings. The van der Waals surface area contributed by atoms with Gasteiger partial charge in [0.2, 0.25) is 5.82 Å². The maximum atomic E-state index is 10.8. The van der Waals surface area contributed by atoms with E-state index < -0.39 is 5.97 Å². The number of benzene rings is 2. The average Bonchev–Trinajstić information content (AvgIpc) is 3.51. The smallest absolute Gasteiger partial charge is 0.305 e. The molecule has 1 N–H and O–H groups in total. The van der Waals surface area contributed by atoms with Crippen LogP contribution < -0.4 is 0 Å². The van der Waals surface area contributed by atoms with Crippen molar-refractivity contribution in [3.05, 3.63) is 72.2 Å². The van der Waals surface area contributed by atoms with Gasteiger partial charge in [-0.25, -0.2) is 0 Å². The molecule has 3 heterocycles. The van der Waals surface area contributed by atoms with E-state index in [1.54, 1.807) is 11.3 Å². The van der Waals surface area contributed by atoms with Gasteiger partial charge in [0, 0.05) is 29.2 Å². The highest BCUT2D eigenvalue weighted by atomic mass is 32.1. The van der Waals surface area contributed by atoms with Crippen LogP contribution in [0.1, 0.15) is 6.42 Å². The number of carboxylic acids is 1. The van der Waals surface area contributed by atoms with E-state index in [0.717, 1.165) is 32.5 Å². The van der Waals surface area contributed by atoms with Gasteiger partial charge in [-0.3, -0.25) is 4.79 Å². The van der Waals surface area contributed by atoms with Crippen LogP contribution in [0.2, 0.25) is 0 Å². The van der Waals surface area contributed by atoms with E-state index in [-0.39, 0.29) is 6.42 Å². The molecule has 0 bridgehead atoms. The molecule has 0 aliphatic heterocycles. The zero-order chi connectivity index (χ0) is 20.5. The molecule has 3 aromatic heterocycles. The van der Waals surface area contributed by atoms with Crippen molar-refractivity contribution in [2.75, 3.05) is 0 Å². The van der Waals surface area contributed by atoms with Gasteiger partial charge in [-0.1, -0.05) is 35.5 Å². The van der Waals surface area contributed by atoms with Crippen molar-refractivity contribution < 1.29 is 14.4 Å². The van der Waals surface area contributed by atoms with Crippen LogP contribution in [0.25, 0.3) is 44.2 Å². The Bertz CT molecular complexity index is 1330. The van der Waals surface area contributed by atoms with Crippen LogP contribution >= 0.6 is 11.3 Å². The number of rotatable bonds is 6. The molecule has 30 heavy (non-hydrogen) atoms. The number of fused-ring (bicyclic) bond motifs is 1. The molecule has 7 heteroatoms. The Morgan fingerprint density at radius 3 is 2.73 bits per heavy atom. The minimum atomic E-state index is -0.809. The molecule has 0 unspecified atom stereocenters. The van der Waals surface area contributed by atoms with Crippen molar-refractivity contribution >= 4 is 28.2 Å². The number of hydrogen-bond donors (Lipinski definition) is 1. The van der Waals surface area contributed by atoms with E-state index >= 15 is 0 Å². The monoisotopic (exact) mass is 415 g/mol. The number of thiophene rings is 1. The van der Waals surface area contributed by atoms with Crippen molar-refractivity contribution in [3.63, 3.8) is 0 Å². The Morgan fingerprint density at radius 2 is 1.90 bits per heavy atom. The van der Waals surface area contributed by atoms with Gasteiger partial charge in [0.25, 0.3) is 5.89 Å². The summed E-state index contributed by atoms with van der Waals surface area (Å²) in [6.45, 7) is 0.437. The summed E-state index contributed by atoms with van der Waals surface area (Å²) in [5.74, 6) is 0.216. The fraction of sp³-hybridized carbons (Fsp3) is 0.0870. The number of carbonyl (C=O) groups is 1. The van der Waals surface area contributed by atoms with E-state index in [4.69, 9.17) is 9.63 Å². The third-order valence-corrected chi connectivity index (χ3v) is 5.86. The molecule has 0 saturated heterocycles. The summed E-state index contributed by atoms with van der Waals surface area (Å²) in [5.41, 5.74) is 4.11. The topological polar surface area (TPSA) is 81.1 Å². The first kappa shape index (κ1) is 18.3. The standard InChI is InChI=1S/C23H17N3O3S/c27-21(28)9-11-26-10-8-16-12-17(6-7-19(16)26)22-24-23(29-25-22)20-13-18(14-30-20)15-4-2-1-3-5-15/h1-8,10,12-14H,9,11H2,(H,27,28). The Kier molecular flexibility index (Phi) is 4.65. The van der Waals surface area contributed by atoms with Gasteiger partial charge in [0.15, 0.2) is 0 Å². The second-order valence-electron chi connectivity index (χ2n) is 6.92. The molecule has 0 aliphatic carbocycles. The minimum Gasteiger partial charge on any atom is -0.481 e. The predicted molar refractivity (Wildman–Crippen MR) is 116 cm³/mol. The summed E-state index contributed by atoms with van der Waals surface area (Å²) < 4.78 is 7.45. The van der Waals surface area contributed by atoms with Crippen LogP contribution in [0.15, 0.2) is 76.8 Å². The van der Waals surface area contributed by atoms with Crippen molar-refractivity contribution in [1.29, 1.82) is 0 Å². The summed E-state index contributed by atoms with van der Waals surface area (Å²) in [5, 5.41) is 16.1. The molecule has 0 amide bonds. The second kappa shape index (κ2) is 7.61. The number of aliphatic carboxylic acids is 1. The van der Waals surface area contributed by atoms with Crippen LogP contribution in [0.5, 0.6) is 0 Å². The van der Waals surface area contributed by atoms with Gasteiger partial charge in [0.05, 0.1) is 11.3 Å². The lowest BCUT2D eigenvalue weighted by molar-refractivity contribution is -0.137. The average molecular weight is 415 g/mol. The Balaban J connectivity index is 1.41. The van der Waals surface area contributed by atoms with Crippen LogP contribution in [-0.4, -0.2) is 25.8 Å². The fourth-order valence-corrected chi connectivity index (χ4v) is 4.26. The third-order valence-electron chi connectivity index (χ3n) is 4.94. The van der Waals surface area contributed by atoms with E-state index in [1.165, 1.54) is 0 Å². The lowest BCUT2D eigenvalue weighted by Crippen LogP contribution is -2.03. The molecular weight excluding hydrogens is 398 g/mol. The van der Waals surface area contributed by atoms with E-state index in [9.17, 15) is 4.79 Å². The lowest BCUT2D eigenvalue weighted by atomic mass is 10.1. The van der Waals surface area contributed by atoms with E-state index in [1.807, 2.05) is 53.2 Å². The normalized spacial score (nSPS) is 11.2. The maximum Gasteiger partial charge on any atom is 0.305 e. The highest BCUT2D eigenvalue weighted by molar-refractivity contribution is 7.13. The number of aryl methyl sites for hydroxylation is 1. The summed E-state index contributed by atoms with van der Waals surface area (Å²) in [4.78, 5) is 16.3. The summed E-state index contributed by atoms with van der Waals surface area (Å²) in [6.07, 6.45) is 1.99.